The van der Waals surface area contributed by atoms with Crippen molar-refractivity contribution in [3.63, 3.8) is 0 Å². The summed E-state index contributed by atoms with van der Waals surface area (Å²) in [6.07, 6.45) is 5.39. The summed E-state index contributed by atoms with van der Waals surface area (Å²) in [5.41, 5.74) is 8.11. The van der Waals surface area contributed by atoms with Gasteiger partial charge in [0.15, 0.2) is 0 Å². The molecule has 3 nitrogen and oxygen atoms in total. The number of nitrogen functional groups attached to an aromatic ring is 1. The molecule has 0 aliphatic heterocycles. The third kappa shape index (κ3) is 2.06. The Hall–Kier alpha value is -1.03. The number of aryl methyl sites for hydroxylation is 1. The van der Waals surface area contributed by atoms with Crippen molar-refractivity contribution in [3.8, 4) is 0 Å². The lowest BCUT2D eigenvalue weighted by atomic mass is 9.83. The predicted octanol–water partition coefficient (Wildman–Crippen LogP) is 3.57. The summed E-state index contributed by atoms with van der Waals surface area (Å²) in [5.74, 6) is 1.54. The molecule has 0 unspecified atom stereocenters. The zero-order valence-corrected chi connectivity index (χ0v) is 11.3. The number of hydrogen-bond acceptors (Lipinski definition) is 2. The fourth-order valence-electron chi connectivity index (χ4n) is 2.44. The second kappa shape index (κ2) is 4.33. The van der Waals surface area contributed by atoms with E-state index in [1.807, 2.05) is 12.1 Å². The minimum Gasteiger partial charge on any atom is -0.369 e. The number of aromatic nitrogens is 2. The molecule has 0 bridgehead atoms. The van der Waals surface area contributed by atoms with Crippen LogP contribution in [0.15, 0.2) is 22.7 Å². The van der Waals surface area contributed by atoms with Crippen LogP contribution in [0.3, 0.4) is 0 Å². The van der Waals surface area contributed by atoms with E-state index in [-0.39, 0.29) is 0 Å². The van der Waals surface area contributed by atoms with Crippen molar-refractivity contribution in [2.24, 2.45) is 5.92 Å². The van der Waals surface area contributed by atoms with Gasteiger partial charge in [0, 0.05) is 11.0 Å². The van der Waals surface area contributed by atoms with Crippen LogP contribution in [0.1, 0.15) is 25.7 Å². The van der Waals surface area contributed by atoms with Gasteiger partial charge in [-0.2, -0.15) is 0 Å². The van der Waals surface area contributed by atoms with E-state index in [9.17, 15) is 0 Å². The highest BCUT2D eigenvalue weighted by atomic mass is 79.9. The molecule has 4 heteroatoms. The summed E-state index contributed by atoms with van der Waals surface area (Å²) in [6, 6.07) is 6.11. The highest BCUT2D eigenvalue weighted by molar-refractivity contribution is 9.10. The van der Waals surface area contributed by atoms with Crippen LogP contribution >= 0.6 is 15.9 Å². The summed E-state index contributed by atoms with van der Waals surface area (Å²) in [7, 11) is 0. The van der Waals surface area contributed by atoms with Gasteiger partial charge in [0.05, 0.1) is 11.0 Å². The van der Waals surface area contributed by atoms with Crippen LogP contribution in [-0.2, 0) is 6.54 Å². The highest BCUT2D eigenvalue weighted by Crippen LogP contribution is 2.31. The van der Waals surface area contributed by atoms with Crippen LogP contribution in [-0.4, -0.2) is 9.55 Å². The van der Waals surface area contributed by atoms with Crippen molar-refractivity contribution < 1.29 is 0 Å². The minimum atomic E-state index is 0.637. The molecule has 1 aliphatic rings. The molecule has 0 spiro atoms. The molecule has 1 aliphatic carbocycles. The van der Waals surface area contributed by atoms with Crippen LogP contribution in [0.25, 0.3) is 11.0 Å². The Morgan fingerprint density at radius 2 is 2.24 bits per heavy atom. The number of nitrogens with zero attached hydrogens (tertiary/aromatic N) is 2. The molecule has 2 N–H and O–H groups in total. The largest absolute Gasteiger partial charge is 0.369 e. The second-order valence-electron chi connectivity index (χ2n) is 4.84. The molecule has 1 fully saturated rings. The number of anilines is 1. The number of rotatable bonds is 3. The number of hydrogen-bond donors (Lipinski definition) is 1. The first kappa shape index (κ1) is 11.1. The number of benzene rings is 1. The lowest BCUT2D eigenvalue weighted by Crippen LogP contribution is -2.14. The van der Waals surface area contributed by atoms with E-state index in [0.29, 0.717) is 5.95 Å². The normalized spacial score (nSPS) is 16.3. The van der Waals surface area contributed by atoms with Gasteiger partial charge in [0.25, 0.3) is 0 Å². The fraction of sp³-hybridized carbons (Fsp3) is 0.462. The van der Waals surface area contributed by atoms with Crippen molar-refractivity contribution in [2.75, 3.05) is 5.73 Å². The molecule has 0 amide bonds. The van der Waals surface area contributed by atoms with Crippen molar-refractivity contribution in [1.82, 2.24) is 9.55 Å². The lowest BCUT2D eigenvalue weighted by molar-refractivity contribution is 0.284. The predicted molar refractivity (Wildman–Crippen MR) is 73.8 cm³/mol. The average Bonchev–Trinajstić information content (AvgIpc) is 2.53. The maximum Gasteiger partial charge on any atom is 0.201 e. The van der Waals surface area contributed by atoms with E-state index < -0.39 is 0 Å². The first-order valence-electron chi connectivity index (χ1n) is 6.15. The van der Waals surface area contributed by atoms with Crippen molar-refractivity contribution in [3.05, 3.63) is 22.7 Å². The maximum absolute atomic E-state index is 5.99. The third-order valence-corrected chi connectivity index (χ3v) is 4.22. The minimum absolute atomic E-state index is 0.637. The van der Waals surface area contributed by atoms with E-state index in [1.165, 1.54) is 25.7 Å². The van der Waals surface area contributed by atoms with E-state index in [0.717, 1.165) is 28.0 Å². The van der Waals surface area contributed by atoms with Crippen LogP contribution in [0, 0.1) is 5.92 Å². The molecule has 0 radical (unpaired) electrons. The topological polar surface area (TPSA) is 43.8 Å². The monoisotopic (exact) mass is 293 g/mol. The number of fused-ring (bicyclic) bond motifs is 1. The third-order valence-electron chi connectivity index (χ3n) is 3.73. The Morgan fingerprint density at radius 3 is 2.94 bits per heavy atom. The van der Waals surface area contributed by atoms with Gasteiger partial charge < -0.3 is 10.3 Å². The first-order valence-corrected chi connectivity index (χ1v) is 6.94. The molecule has 0 saturated heterocycles. The van der Waals surface area contributed by atoms with Gasteiger partial charge in [-0.15, -0.1) is 0 Å². The van der Waals surface area contributed by atoms with Gasteiger partial charge in [-0.1, -0.05) is 35.2 Å². The summed E-state index contributed by atoms with van der Waals surface area (Å²) in [6.45, 7) is 0.990. The Balaban J connectivity index is 1.90. The first-order chi connectivity index (χ1) is 8.24. The molecular weight excluding hydrogens is 278 g/mol. The van der Waals surface area contributed by atoms with E-state index in [4.69, 9.17) is 5.73 Å². The number of nitrogens with two attached hydrogens (primary N) is 1. The zero-order chi connectivity index (χ0) is 11.8. The van der Waals surface area contributed by atoms with Gasteiger partial charge >= 0.3 is 0 Å². The molecule has 2 aromatic rings. The average molecular weight is 294 g/mol. The van der Waals surface area contributed by atoms with Crippen LogP contribution in [0.5, 0.6) is 0 Å². The highest BCUT2D eigenvalue weighted by Gasteiger charge is 2.18. The van der Waals surface area contributed by atoms with Crippen LogP contribution in [0.4, 0.5) is 5.95 Å². The molecule has 1 aromatic carbocycles. The second-order valence-corrected chi connectivity index (χ2v) is 5.76. The molecule has 90 valence electrons. The number of imidazole rings is 1. The van der Waals surface area contributed by atoms with Crippen molar-refractivity contribution >= 4 is 32.9 Å². The Labute approximate surface area is 109 Å². The molecule has 1 saturated carbocycles. The Bertz CT molecular complexity index is 543. The summed E-state index contributed by atoms with van der Waals surface area (Å²) in [5, 5.41) is 0. The summed E-state index contributed by atoms with van der Waals surface area (Å²) in [4.78, 5) is 4.40. The molecule has 17 heavy (non-hydrogen) atoms. The molecule has 1 heterocycles. The fourth-order valence-corrected chi connectivity index (χ4v) is 2.79. The maximum atomic E-state index is 5.99. The van der Waals surface area contributed by atoms with Gasteiger partial charge in [0.2, 0.25) is 5.95 Å². The molecule has 1 aromatic heterocycles. The summed E-state index contributed by atoms with van der Waals surface area (Å²) >= 11 is 3.50. The van der Waals surface area contributed by atoms with Gasteiger partial charge in [0.1, 0.15) is 0 Å². The quantitative estimate of drug-likeness (QED) is 0.940. The number of halogens is 1. The smallest absolute Gasteiger partial charge is 0.201 e. The van der Waals surface area contributed by atoms with Crippen molar-refractivity contribution in [2.45, 2.75) is 32.2 Å². The van der Waals surface area contributed by atoms with E-state index >= 15 is 0 Å². The van der Waals surface area contributed by atoms with Crippen LogP contribution in [0.2, 0.25) is 0 Å². The zero-order valence-electron chi connectivity index (χ0n) is 9.69. The molecule has 0 atom stereocenters. The van der Waals surface area contributed by atoms with Gasteiger partial charge in [-0.25, -0.2) is 4.98 Å². The lowest BCUT2D eigenvalue weighted by Gasteiger charge is -2.25. The van der Waals surface area contributed by atoms with E-state index in [2.05, 4.69) is 31.5 Å². The van der Waals surface area contributed by atoms with E-state index in [1.54, 1.807) is 0 Å². The summed E-state index contributed by atoms with van der Waals surface area (Å²) < 4.78 is 3.22. The standard InChI is InChI=1S/C13H16BrN3/c14-10-4-5-11-12(8-10)17(13(15)16-11)7-6-9-2-1-3-9/h4-5,8-9H,1-3,6-7H2,(H2,15,16). The molecular formula is C13H16BrN3. The van der Waals surface area contributed by atoms with Crippen molar-refractivity contribution in [1.29, 1.82) is 0 Å². The van der Waals surface area contributed by atoms with Crippen LogP contribution < -0.4 is 5.73 Å². The Kier molecular flexibility index (Phi) is 2.82. The Morgan fingerprint density at radius 1 is 1.41 bits per heavy atom. The molecule has 3 rings (SSSR count). The van der Waals surface area contributed by atoms with Gasteiger partial charge in [-0.05, 0) is 30.5 Å². The SMILES string of the molecule is Nc1nc2ccc(Br)cc2n1CCC1CCC1. The van der Waals surface area contributed by atoms with Gasteiger partial charge in [-0.3, -0.25) is 0 Å².